The molecule has 0 rings (SSSR count). The van der Waals surface area contributed by atoms with Gasteiger partial charge in [-0.3, -0.25) is 0 Å². The first-order valence-electron chi connectivity index (χ1n) is 2.36. The molecule has 0 saturated carbocycles. The van der Waals surface area contributed by atoms with Crippen LogP contribution in [-0.2, 0) is 0 Å². The summed E-state index contributed by atoms with van der Waals surface area (Å²) in [6.45, 7) is 3.39. The highest BCUT2D eigenvalue weighted by Gasteiger charge is 1.97. The summed E-state index contributed by atoms with van der Waals surface area (Å²) in [5.41, 5.74) is 0. The van der Waals surface area contributed by atoms with Gasteiger partial charge in [0.1, 0.15) is 0 Å². The van der Waals surface area contributed by atoms with Gasteiger partial charge in [0.25, 0.3) is 0 Å². The standard InChI is InChI=1S/C5H14N.BH3/c1-5-6(2,3)4;/h5H2,1-4H3;1H3/q+1;. The number of hydrogen-bond acceptors (Lipinski definition) is 0. The highest BCUT2D eigenvalue weighted by atomic mass is 15.3. The zero-order valence-electron chi connectivity index (χ0n) is 5.15. The predicted molar refractivity (Wildman–Crippen MR) is 38.5 cm³/mol. The second kappa shape index (κ2) is 3.08. The first-order chi connectivity index (χ1) is 2.56. The van der Waals surface area contributed by atoms with Crippen LogP contribution in [0.1, 0.15) is 6.92 Å². The van der Waals surface area contributed by atoms with Crippen molar-refractivity contribution in [2.45, 2.75) is 6.92 Å². The summed E-state index contributed by atoms with van der Waals surface area (Å²) in [5.74, 6) is 0. The van der Waals surface area contributed by atoms with E-state index >= 15 is 0 Å². The van der Waals surface area contributed by atoms with Crippen molar-refractivity contribution in [3.05, 3.63) is 0 Å². The third-order valence-corrected chi connectivity index (χ3v) is 0.949. The second-order valence-electron chi connectivity index (χ2n) is 2.61. The summed E-state index contributed by atoms with van der Waals surface area (Å²) in [6.07, 6.45) is 0. The molecule has 0 amide bonds. The Morgan fingerprint density at radius 2 is 1.29 bits per heavy atom. The van der Waals surface area contributed by atoms with Gasteiger partial charge < -0.3 is 4.48 Å². The Bertz CT molecular complexity index is 37.8. The maximum Gasteiger partial charge on any atom is 0.0814 e. The van der Waals surface area contributed by atoms with Crippen molar-refractivity contribution < 1.29 is 4.48 Å². The lowest BCUT2D eigenvalue weighted by Gasteiger charge is -2.20. The van der Waals surface area contributed by atoms with Crippen LogP contribution >= 0.6 is 0 Å². The van der Waals surface area contributed by atoms with Crippen LogP contribution in [0, 0.1) is 0 Å². The Hall–Kier alpha value is 0.0249. The highest BCUT2D eigenvalue weighted by molar-refractivity contribution is 5.75. The molecule has 0 spiro atoms. The van der Waals surface area contributed by atoms with Crippen LogP contribution < -0.4 is 0 Å². The molecule has 7 heavy (non-hydrogen) atoms. The van der Waals surface area contributed by atoms with Crippen molar-refractivity contribution in [1.29, 1.82) is 0 Å². The topological polar surface area (TPSA) is 0 Å². The van der Waals surface area contributed by atoms with E-state index in [9.17, 15) is 0 Å². The fourth-order valence-corrected chi connectivity index (χ4v) is 0. The molecule has 0 aromatic heterocycles. The monoisotopic (exact) mass is 102 g/mol. The van der Waals surface area contributed by atoms with Gasteiger partial charge in [-0.15, -0.1) is 0 Å². The zero-order chi connectivity index (χ0) is 5.21. The van der Waals surface area contributed by atoms with E-state index in [0.29, 0.717) is 0 Å². The van der Waals surface area contributed by atoms with Crippen molar-refractivity contribution >= 4 is 8.41 Å². The zero-order valence-corrected chi connectivity index (χ0v) is 5.15. The number of hydrogen-bond donors (Lipinski definition) is 0. The van der Waals surface area contributed by atoms with Gasteiger partial charge in [0.2, 0.25) is 0 Å². The number of quaternary nitrogens is 1. The maximum atomic E-state index is 2.18. The molecule has 0 aliphatic heterocycles. The lowest BCUT2D eigenvalue weighted by Crippen LogP contribution is -2.33. The molecule has 0 unspecified atom stereocenters. The van der Waals surface area contributed by atoms with E-state index in [2.05, 4.69) is 28.1 Å². The van der Waals surface area contributed by atoms with Gasteiger partial charge in [0, 0.05) is 0 Å². The third kappa shape index (κ3) is 10.7. The fraction of sp³-hybridized carbons (Fsp3) is 1.00. The third-order valence-electron chi connectivity index (χ3n) is 0.949. The van der Waals surface area contributed by atoms with Crippen molar-refractivity contribution in [2.24, 2.45) is 0 Å². The molecule has 0 heterocycles. The van der Waals surface area contributed by atoms with Crippen LogP contribution in [0.25, 0.3) is 0 Å². The summed E-state index contributed by atoms with van der Waals surface area (Å²) < 4.78 is 1.07. The van der Waals surface area contributed by atoms with Gasteiger partial charge in [-0.05, 0) is 6.92 Å². The minimum Gasteiger partial charge on any atom is -0.331 e. The predicted octanol–water partition coefficient (Wildman–Crippen LogP) is -0.471. The average molecular weight is 102 g/mol. The molecule has 0 aromatic rings. The smallest absolute Gasteiger partial charge is 0.0814 e. The Morgan fingerprint density at radius 1 is 1.14 bits per heavy atom. The van der Waals surface area contributed by atoms with Crippen molar-refractivity contribution in [1.82, 2.24) is 0 Å². The molecule has 2 heteroatoms. The van der Waals surface area contributed by atoms with Crippen LogP contribution in [0.15, 0.2) is 0 Å². The van der Waals surface area contributed by atoms with Crippen molar-refractivity contribution in [2.75, 3.05) is 27.7 Å². The average Bonchev–Trinajstić information content (AvgIpc) is 1.35. The molecule has 0 aromatic carbocycles. The Morgan fingerprint density at radius 3 is 1.29 bits per heavy atom. The van der Waals surface area contributed by atoms with Gasteiger partial charge in [-0.25, -0.2) is 0 Å². The van der Waals surface area contributed by atoms with E-state index in [-0.39, 0.29) is 8.41 Å². The first kappa shape index (κ1) is 10.1. The Labute approximate surface area is 48.5 Å². The molecule has 0 atom stereocenters. The van der Waals surface area contributed by atoms with Crippen LogP contribution in [0.3, 0.4) is 0 Å². The van der Waals surface area contributed by atoms with Crippen LogP contribution in [0.5, 0.6) is 0 Å². The Kier molecular flexibility index (Phi) is 4.45. The van der Waals surface area contributed by atoms with Gasteiger partial charge in [-0.1, -0.05) is 0 Å². The van der Waals surface area contributed by atoms with Gasteiger partial charge >= 0.3 is 0 Å². The lowest BCUT2D eigenvalue weighted by molar-refractivity contribution is -0.868. The molecule has 0 aliphatic carbocycles. The summed E-state index contributed by atoms with van der Waals surface area (Å²) >= 11 is 0. The minimum atomic E-state index is 0. The van der Waals surface area contributed by atoms with E-state index in [1.165, 1.54) is 6.54 Å². The van der Waals surface area contributed by atoms with E-state index in [0.717, 1.165) is 4.48 Å². The van der Waals surface area contributed by atoms with Crippen LogP contribution in [0.2, 0.25) is 0 Å². The molecule has 0 saturated heterocycles. The maximum absolute atomic E-state index is 2.18. The molecule has 0 bridgehead atoms. The Balaban J connectivity index is 0. The van der Waals surface area contributed by atoms with Gasteiger partial charge in [0.15, 0.2) is 0 Å². The highest BCUT2D eigenvalue weighted by Crippen LogP contribution is 1.83. The van der Waals surface area contributed by atoms with E-state index in [1.54, 1.807) is 0 Å². The molecule has 0 aliphatic rings. The molecule has 1 nitrogen and oxygen atoms in total. The van der Waals surface area contributed by atoms with Crippen molar-refractivity contribution in [3.8, 4) is 0 Å². The van der Waals surface area contributed by atoms with Gasteiger partial charge in [0.05, 0.1) is 36.1 Å². The molecule has 0 N–H and O–H groups in total. The number of nitrogens with zero attached hydrogens (tertiary/aromatic N) is 1. The summed E-state index contributed by atoms with van der Waals surface area (Å²) in [5, 5.41) is 0. The number of rotatable bonds is 1. The van der Waals surface area contributed by atoms with E-state index in [1.807, 2.05) is 0 Å². The van der Waals surface area contributed by atoms with E-state index in [4.69, 9.17) is 0 Å². The largest absolute Gasteiger partial charge is 0.331 e. The molecule has 44 valence electrons. The summed E-state index contributed by atoms with van der Waals surface area (Å²) in [7, 11) is 6.54. The van der Waals surface area contributed by atoms with Crippen LogP contribution in [0.4, 0.5) is 0 Å². The SMILES string of the molecule is B.CC[N+](C)(C)C. The molecule has 0 fully saturated rings. The minimum absolute atomic E-state index is 0. The molecular weight excluding hydrogens is 84.9 g/mol. The second-order valence-corrected chi connectivity index (χ2v) is 2.61. The summed E-state index contributed by atoms with van der Waals surface area (Å²) in [6, 6.07) is 0. The van der Waals surface area contributed by atoms with Crippen molar-refractivity contribution in [3.63, 3.8) is 0 Å². The molecular formula is C5H17BN+. The van der Waals surface area contributed by atoms with Gasteiger partial charge in [-0.2, -0.15) is 0 Å². The van der Waals surface area contributed by atoms with E-state index < -0.39 is 0 Å². The summed E-state index contributed by atoms with van der Waals surface area (Å²) in [4.78, 5) is 0. The quantitative estimate of drug-likeness (QED) is 0.310. The first-order valence-corrected chi connectivity index (χ1v) is 2.36. The van der Waals surface area contributed by atoms with Crippen LogP contribution in [-0.4, -0.2) is 40.6 Å². The fourth-order valence-electron chi connectivity index (χ4n) is 0. The normalized spacial score (nSPS) is 10.3. The lowest BCUT2D eigenvalue weighted by atomic mass is 10.6. The molecule has 0 radical (unpaired) electrons.